The second kappa shape index (κ2) is 12.2. The number of ether oxygens (including phenoxy) is 2. The summed E-state index contributed by atoms with van der Waals surface area (Å²) in [6.07, 6.45) is 14.7. The van der Waals surface area contributed by atoms with Gasteiger partial charge in [0.25, 0.3) is 0 Å². The molecule has 9 unspecified atom stereocenters. The predicted octanol–water partition coefficient (Wildman–Crippen LogP) is 8.34. The Bertz CT molecular complexity index is 982. The number of rotatable bonds is 10. The molecule has 9 atom stereocenters. The minimum Gasteiger partial charge on any atom is -0.462 e. The summed E-state index contributed by atoms with van der Waals surface area (Å²) in [5.41, 5.74) is -0.0572. The SMILES string of the molecule is C=CCOC(=O)CC(C)(C)CC(=O)OC1CCC2(C)C(CCC3(C)C4CCC(C=O)C(CCC)C4CCC32)C1(C)C. The lowest BCUT2D eigenvalue weighted by atomic mass is 9.36. The number of carbonyl (C=O) groups is 3. The van der Waals surface area contributed by atoms with Crippen LogP contribution in [0.2, 0.25) is 0 Å². The van der Waals surface area contributed by atoms with E-state index in [0.29, 0.717) is 29.1 Å². The number of hydrogen-bond acceptors (Lipinski definition) is 5. The summed E-state index contributed by atoms with van der Waals surface area (Å²) in [5, 5.41) is 0. The largest absolute Gasteiger partial charge is 0.462 e. The Hall–Kier alpha value is -1.65. The van der Waals surface area contributed by atoms with Crippen LogP contribution in [0.5, 0.6) is 0 Å². The number of fused-ring (bicyclic) bond motifs is 5. The molecule has 0 N–H and O–H groups in total. The third-order valence-corrected chi connectivity index (χ3v) is 12.8. The Morgan fingerprint density at radius 1 is 0.902 bits per heavy atom. The molecule has 4 fully saturated rings. The smallest absolute Gasteiger partial charge is 0.306 e. The number of aldehydes is 1. The molecule has 41 heavy (non-hydrogen) atoms. The summed E-state index contributed by atoms with van der Waals surface area (Å²) >= 11 is 0. The van der Waals surface area contributed by atoms with Gasteiger partial charge < -0.3 is 14.3 Å². The quantitative estimate of drug-likeness (QED) is 0.150. The van der Waals surface area contributed by atoms with Crippen molar-refractivity contribution in [3.63, 3.8) is 0 Å². The van der Waals surface area contributed by atoms with Crippen molar-refractivity contribution in [2.24, 2.45) is 57.2 Å². The van der Waals surface area contributed by atoms with E-state index in [-0.39, 0.29) is 54.2 Å². The van der Waals surface area contributed by atoms with Gasteiger partial charge in [0.2, 0.25) is 0 Å². The molecule has 0 aromatic rings. The molecule has 0 aliphatic heterocycles. The first-order valence-electron chi connectivity index (χ1n) is 16.6. The van der Waals surface area contributed by atoms with E-state index in [1.165, 1.54) is 51.2 Å². The van der Waals surface area contributed by atoms with Crippen LogP contribution in [0.15, 0.2) is 12.7 Å². The van der Waals surface area contributed by atoms with Crippen molar-refractivity contribution in [3.8, 4) is 0 Å². The fourth-order valence-electron chi connectivity index (χ4n) is 11.1. The van der Waals surface area contributed by atoms with Gasteiger partial charge >= 0.3 is 11.9 Å². The lowest BCUT2D eigenvalue weighted by molar-refractivity contribution is -0.219. The van der Waals surface area contributed by atoms with E-state index in [4.69, 9.17) is 9.47 Å². The van der Waals surface area contributed by atoms with E-state index in [0.717, 1.165) is 25.2 Å². The molecule has 0 spiro atoms. The van der Waals surface area contributed by atoms with Crippen LogP contribution in [-0.4, -0.2) is 30.9 Å². The number of hydrogen-bond donors (Lipinski definition) is 0. The van der Waals surface area contributed by atoms with Gasteiger partial charge in [-0.25, -0.2) is 0 Å². The molecule has 5 nitrogen and oxygen atoms in total. The molecule has 0 radical (unpaired) electrons. The zero-order valence-electron chi connectivity index (χ0n) is 27.1. The monoisotopic (exact) mass is 570 g/mol. The van der Waals surface area contributed by atoms with Crippen molar-refractivity contribution in [2.75, 3.05) is 6.61 Å². The van der Waals surface area contributed by atoms with E-state index in [2.05, 4.69) is 41.2 Å². The first-order chi connectivity index (χ1) is 19.2. The Morgan fingerprint density at radius 3 is 2.24 bits per heavy atom. The fraction of sp³-hybridized carbons (Fsp3) is 0.861. The van der Waals surface area contributed by atoms with E-state index in [1.54, 1.807) is 6.08 Å². The van der Waals surface area contributed by atoms with Gasteiger partial charge in [-0.05, 0) is 104 Å². The van der Waals surface area contributed by atoms with Crippen LogP contribution in [0, 0.1) is 57.2 Å². The standard InChI is InChI=1S/C36H58O5/c1-9-11-25-24(23-37)12-14-27-26(25)13-15-29-35(27,7)18-16-28-34(5,6)30(17-19-36(28,29)8)41-32(39)22-33(3,4)21-31(38)40-20-10-2/h10,23-30H,2,9,11-22H2,1,3-8H3. The summed E-state index contributed by atoms with van der Waals surface area (Å²) in [5.74, 6) is 2.93. The third kappa shape index (κ3) is 6.07. The molecule has 5 heteroatoms. The van der Waals surface area contributed by atoms with Gasteiger partial charge in [0.05, 0.1) is 12.8 Å². The predicted molar refractivity (Wildman–Crippen MR) is 163 cm³/mol. The topological polar surface area (TPSA) is 69.7 Å². The lowest BCUT2D eigenvalue weighted by Gasteiger charge is -2.68. The molecule has 0 aromatic carbocycles. The Balaban J connectivity index is 1.46. The van der Waals surface area contributed by atoms with E-state index < -0.39 is 5.41 Å². The van der Waals surface area contributed by atoms with Crippen molar-refractivity contribution < 1.29 is 23.9 Å². The van der Waals surface area contributed by atoms with Gasteiger partial charge in [0, 0.05) is 11.3 Å². The highest BCUT2D eigenvalue weighted by atomic mass is 16.5. The molecular formula is C36H58O5. The first-order valence-corrected chi connectivity index (χ1v) is 16.6. The first kappa shape index (κ1) is 32.3. The summed E-state index contributed by atoms with van der Waals surface area (Å²) < 4.78 is 11.4. The van der Waals surface area contributed by atoms with Crippen LogP contribution in [-0.2, 0) is 23.9 Å². The zero-order valence-corrected chi connectivity index (χ0v) is 27.1. The van der Waals surface area contributed by atoms with Crippen molar-refractivity contribution in [1.82, 2.24) is 0 Å². The second-order valence-corrected chi connectivity index (χ2v) is 16.2. The van der Waals surface area contributed by atoms with Gasteiger partial charge in [-0.2, -0.15) is 0 Å². The molecule has 4 aliphatic carbocycles. The molecule has 0 aromatic heterocycles. The van der Waals surface area contributed by atoms with Crippen LogP contribution in [0.25, 0.3) is 0 Å². The molecule has 4 saturated carbocycles. The fourth-order valence-corrected chi connectivity index (χ4v) is 11.1. The summed E-state index contributed by atoms with van der Waals surface area (Å²) in [6.45, 7) is 19.8. The van der Waals surface area contributed by atoms with E-state index in [1.807, 2.05) is 13.8 Å². The van der Waals surface area contributed by atoms with Crippen LogP contribution in [0.1, 0.15) is 126 Å². The molecule has 4 rings (SSSR count). The highest BCUT2D eigenvalue weighted by Gasteiger charge is 2.65. The molecule has 0 bridgehead atoms. The van der Waals surface area contributed by atoms with Gasteiger partial charge in [-0.1, -0.05) is 67.5 Å². The average Bonchev–Trinajstić information content (AvgIpc) is 2.88. The van der Waals surface area contributed by atoms with Crippen molar-refractivity contribution >= 4 is 18.2 Å². The van der Waals surface area contributed by atoms with Crippen molar-refractivity contribution in [3.05, 3.63) is 12.7 Å². The minimum absolute atomic E-state index is 0.103. The van der Waals surface area contributed by atoms with Gasteiger partial charge in [0.15, 0.2) is 0 Å². The summed E-state index contributed by atoms with van der Waals surface area (Å²) in [4.78, 5) is 37.4. The maximum Gasteiger partial charge on any atom is 0.306 e. The maximum absolute atomic E-state index is 13.2. The van der Waals surface area contributed by atoms with E-state index in [9.17, 15) is 14.4 Å². The zero-order chi connectivity index (χ0) is 30.2. The van der Waals surface area contributed by atoms with Crippen LogP contribution >= 0.6 is 0 Å². The van der Waals surface area contributed by atoms with Crippen LogP contribution in [0.4, 0.5) is 0 Å². The average molecular weight is 571 g/mol. The Labute approximate surface area is 250 Å². The molecular weight excluding hydrogens is 512 g/mol. The van der Waals surface area contributed by atoms with Crippen molar-refractivity contribution in [2.45, 2.75) is 132 Å². The Morgan fingerprint density at radius 2 is 1.59 bits per heavy atom. The number of esters is 2. The summed E-state index contributed by atoms with van der Waals surface area (Å²) in [7, 11) is 0. The molecule has 4 aliphatic rings. The minimum atomic E-state index is -0.521. The van der Waals surface area contributed by atoms with E-state index >= 15 is 0 Å². The van der Waals surface area contributed by atoms with Gasteiger partial charge in [0.1, 0.15) is 19.0 Å². The molecule has 0 amide bonds. The molecule has 232 valence electrons. The van der Waals surface area contributed by atoms with Crippen molar-refractivity contribution in [1.29, 1.82) is 0 Å². The lowest BCUT2D eigenvalue weighted by Crippen LogP contribution is -2.63. The van der Waals surface area contributed by atoms with Crippen LogP contribution < -0.4 is 0 Å². The molecule has 0 saturated heterocycles. The third-order valence-electron chi connectivity index (χ3n) is 12.8. The Kier molecular flexibility index (Phi) is 9.56. The second-order valence-electron chi connectivity index (χ2n) is 16.2. The highest BCUT2D eigenvalue weighted by molar-refractivity contribution is 5.74. The number of carbonyl (C=O) groups excluding carboxylic acids is 3. The van der Waals surface area contributed by atoms with Gasteiger partial charge in [-0.3, -0.25) is 9.59 Å². The van der Waals surface area contributed by atoms with Gasteiger partial charge in [-0.15, -0.1) is 0 Å². The maximum atomic E-state index is 13.2. The summed E-state index contributed by atoms with van der Waals surface area (Å²) in [6, 6.07) is 0. The van der Waals surface area contributed by atoms with Crippen LogP contribution in [0.3, 0.4) is 0 Å². The highest BCUT2D eigenvalue weighted by Crippen LogP contribution is 2.71. The molecule has 0 heterocycles. The normalized spacial score (nSPS) is 39.8.